The van der Waals surface area contributed by atoms with E-state index in [-0.39, 0.29) is 12.8 Å². The zero-order valence-corrected chi connectivity index (χ0v) is 17.2. The lowest BCUT2D eigenvalue weighted by molar-refractivity contribution is 0.174. The van der Waals surface area contributed by atoms with Crippen molar-refractivity contribution >= 4 is 28.7 Å². The number of ether oxygens (including phenoxy) is 2. The number of hydrogen-bond donors (Lipinski definition) is 2. The average molecular weight is 411 g/mol. The molecule has 4 nitrogen and oxygen atoms in total. The standard InChI is InChI=1S/C22H22N2O2S2/c1-2-15-5-8-17(9-6-15)21(20-4-3-11-28-20)24-22(27)23-13-16-7-10-18-19(12-16)26-14-25-18/h3-12,21H,2,13-14H2,1H3,(H2,23,24,27)/t21-/m0/s1. The van der Waals surface area contributed by atoms with Crippen molar-refractivity contribution in [1.29, 1.82) is 0 Å². The van der Waals surface area contributed by atoms with E-state index >= 15 is 0 Å². The van der Waals surface area contributed by atoms with Crippen molar-refractivity contribution in [3.63, 3.8) is 0 Å². The molecule has 6 heteroatoms. The Bertz CT molecular complexity index is 940. The first-order valence-electron chi connectivity index (χ1n) is 9.28. The van der Waals surface area contributed by atoms with Gasteiger partial charge in [-0.25, -0.2) is 0 Å². The van der Waals surface area contributed by atoms with Gasteiger partial charge in [0.2, 0.25) is 6.79 Å². The molecular weight excluding hydrogens is 388 g/mol. The highest BCUT2D eigenvalue weighted by Crippen LogP contribution is 2.32. The van der Waals surface area contributed by atoms with E-state index in [1.165, 1.54) is 16.0 Å². The van der Waals surface area contributed by atoms with E-state index in [0.29, 0.717) is 11.7 Å². The number of fused-ring (bicyclic) bond motifs is 1. The smallest absolute Gasteiger partial charge is 0.231 e. The van der Waals surface area contributed by atoms with Crippen LogP contribution in [0.1, 0.15) is 34.5 Å². The molecule has 4 rings (SSSR count). The SMILES string of the molecule is CCc1ccc([C@H](NC(=S)NCc2ccc3c(c2)OCO3)c2cccs2)cc1. The van der Waals surface area contributed by atoms with E-state index in [1.807, 2.05) is 18.2 Å². The number of aryl methyl sites for hydroxylation is 1. The molecule has 0 unspecified atom stereocenters. The first-order chi connectivity index (χ1) is 13.7. The van der Waals surface area contributed by atoms with Crippen LogP contribution in [0.15, 0.2) is 60.0 Å². The van der Waals surface area contributed by atoms with Gasteiger partial charge in [0, 0.05) is 11.4 Å². The number of hydrogen-bond acceptors (Lipinski definition) is 4. The third-order valence-electron chi connectivity index (χ3n) is 4.71. The van der Waals surface area contributed by atoms with Crippen LogP contribution in [0.5, 0.6) is 11.5 Å². The van der Waals surface area contributed by atoms with Gasteiger partial charge >= 0.3 is 0 Å². The summed E-state index contributed by atoms with van der Waals surface area (Å²) < 4.78 is 10.8. The fourth-order valence-corrected chi connectivity index (χ4v) is 4.13. The summed E-state index contributed by atoms with van der Waals surface area (Å²) in [6, 6.07) is 18.9. The van der Waals surface area contributed by atoms with Gasteiger partial charge in [-0.2, -0.15) is 0 Å². The van der Waals surface area contributed by atoms with Crippen molar-refractivity contribution in [3.05, 3.63) is 81.5 Å². The molecule has 1 aliphatic rings. The molecule has 1 aromatic heterocycles. The summed E-state index contributed by atoms with van der Waals surface area (Å²) in [6.07, 6.45) is 1.03. The van der Waals surface area contributed by atoms with Crippen LogP contribution in [-0.2, 0) is 13.0 Å². The van der Waals surface area contributed by atoms with Crippen LogP contribution in [0.25, 0.3) is 0 Å². The Hall–Kier alpha value is -2.57. The Morgan fingerprint density at radius 1 is 1.07 bits per heavy atom. The molecule has 2 N–H and O–H groups in total. The predicted molar refractivity (Wildman–Crippen MR) is 117 cm³/mol. The maximum Gasteiger partial charge on any atom is 0.231 e. The molecule has 2 heterocycles. The molecule has 144 valence electrons. The van der Waals surface area contributed by atoms with Gasteiger partial charge in [-0.15, -0.1) is 11.3 Å². The number of thiophene rings is 1. The normalized spacial score (nSPS) is 13.2. The second kappa shape index (κ2) is 8.63. The van der Waals surface area contributed by atoms with Gasteiger partial charge in [-0.1, -0.05) is 43.3 Å². The summed E-state index contributed by atoms with van der Waals surface area (Å²) in [5.74, 6) is 1.57. The van der Waals surface area contributed by atoms with Gasteiger partial charge in [0.15, 0.2) is 16.6 Å². The molecule has 28 heavy (non-hydrogen) atoms. The second-order valence-corrected chi connectivity index (χ2v) is 7.95. The summed E-state index contributed by atoms with van der Waals surface area (Å²) in [5.41, 5.74) is 3.62. The van der Waals surface area contributed by atoms with Gasteiger partial charge in [0.25, 0.3) is 0 Å². The zero-order valence-electron chi connectivity index (χ0n) is 15.6. The Balaban J connectivity index is 1.43. The predicted octanol–water partition coefficient (Wildman–Crippen LogP) is 4.79. The summed E-state index contributed by atoms with van der Waals surface area (Å²) in [6.45, 7) is 3.07. The third-order valence-corrected chi connectivity index (χ3v) is 5.91. The number of benzene rings is 2. The zero-order chi connectivity index (χ0) is 19.3. The Labute approximate surface area is 174 Å². The van der Waals surface area contributed by atoms with Crippen LogP contribution in [-0.4, -0.2) is 11.9 Å². The Morgan fingerprint density at radius 3 is 2.61 bits per heavy atom. The molecule has 0 saturated heterocycles. The van der Waals surface area contributed by atoms with Crippen LogP contribution in [0, 0.1) is 0 Å². The van der Waals surface area contributed by atoms with Crippen molar-refractivity contribution < 1.29 is 9.47 Å². The lowest BCUT2D eigenvalue weighted by atomic mass is 10.0. The molecule has 2 aromatic carbocycles. The molecule has 0 fully saturated rings. The number of nitrogens with one attached hydrogen (secondary N) is 2. The second-order valence-electron chi connectivity index (χ2n) is 6.56. The van der Waals surface area contributed by atoms with E-state index < -0.39 is 0 Å². The Kier molecular flexibility index (Phi) is 5.78. The molecule has 0 amide bonds. The minimum Gasteiger partial charge on any atom is -0.454 e. The lowest BCUT2D eigenvalue weighted by Gasteiger charge is -2.21. The summed E-state index contributed by atoms with van der Waals surface area (Å²) >= 11 is 7.30. The van der Waals surface area contributed by atoms with Gasteiger partial charge in [-0.05, 0) is 58.9 Å². The molecule has 1 atom stereocenters. The van der Waals surface area contributed by atoms with E-state index in [2.05, 4.69) is 59.3 Å². The first-order valence-corrected chi connectivity index (χ1v) is 10.6. The van der Waals surface area contributed by atoms with Crippen molar-refractivity contribution in [2.45, 2.75) is 25.9 Å². The molecule has 0 bridgehead atoms. The van der Waals surface area contributed by atoms with Crippen LogP contribution < -0.4 is 20.1 Å². The monoisotopic (exact) mass is 410 g/mol. The minimum atomic E-state index is 0.0302. The minimum absolute atomic E-state index is 0.0302. The van der Waals surface area contributed by atoms with Crippen molar-refractivity contribution in [2.75, 3.05) is 6.79 Å². The number of rotatable bonds is 6. The molecular formula is C22H22N2O2S2. The first kappa shape index (κ1) is 18.8. The van der Waals surface area contributed by atoms with E-state index in [4.69, 9.17) is 21.7 Å². The van der Waals surface area contributed by atoms with Crippen molar-refractivity contribution in [2.24, 2.45) is 0 Å². The van der Waals surface area contributed by atoms with Gasteiger partial charge in [0.1, 0.15) is 0 Å². The summed E-state index contributed by atoms with van der Waals surface area (Å²) in [5, 5.41) is 9.49. The molecule has 0 radical (unpaired) electrons. The third kappa shape index (κ3) is 4.29. The molecule has 0 spiro atoms. The highest BCUT2D eigenvalue weighted by Gasteiger charge is 2.17. The maximum absolute atomic E-state index is 5.58. The largest absolute Gasteiger partial charge is 0.454 e. The highest BCUT2D eigenvalue weighted by molar-refractivity contribution is 7.80. The van der Waals surface area contributed by atoms with Crippen LogP contribution in [0.2, 0.25) is 0 Å². The molecule has 3 aromatic rings. The maximum atomic E-state index is 5.58. The quantitative estimate of drug-likeness (QED) is 0.572. The van der Waals surface area contributed by atoms with Crippen LogP contribution in [0.4, 0.5) is 0 Å². The summed E-state index contributed by atoms with van der Waals surface area (Å²) in [4.78, 5) is 1.23. The molecule has 1 aliphatic heterocycles. The fourth-order valence-electron chi connectivity index (χ4n) is 3.14. The topological polar surface area (TPSA) is 42.5 Å². The van der Waals surface area contributed by atoms with Crippen molar-refractivity contribution in [3.8, 4) is 11.5 Å². The van der Waals surface area contributed by atoms with E-state index in [1.54, 1.807) is 11.3 Å². The highest BCUT2D eigenvalue weighted by atomic mass is 32.1. The Morgan fingerprint density at radius 2 is 1.86 bits per heavy atom. The lowest BCUT2D eigenvalue weighted by Crippen LogP contribution is -2.37. The summed E-state index contributed by atoms with van der Waals surface area (Å²) in [7, 11) is 0. The van der Waals surface area contributed by atoms with Gasteiger partial charge in [-0.3, -0.25) is 0 Å². The van der Waals surface area contributed by atoms with Gasteiger partial charge < -0.3 is 20.1 Å². The van der Waals surface area contributed by atoms with Crippen LogP contribution >= 0.6 is 23.6 Å². The van der Waals surface area contributed by atoms with E-state index in [0.717, 1.165) is 23.5 Å². The fraction of sp³-hybridized carbons (Fsp3) is 0.227. The van der Waals surface area contributed by atoms with Gasteiger partial charge in [0.05, 0.1) is 6.04 Å². The molecule has 0 aliphatic carbocycles. The van der Waals surface area contributed by atoms with Crippen molar-refractivity contribution in [1.82, 2.24) is 10.6 Å². The number of thiocarbonyl (C=S) groups is 1. The average Bonchev–Trinajstić information content (AvgIpc) is 3.42. The van der Waals surface area contributed by atoms with E-state index in [9.17, 15) is 0 Å². The molecule has 0 saturated carbocycles. The van der Waals surface area contributed by atoms with Crippen LogP contribution in [0.3, 0.4) is 0 Å².